The van der Waals surface area contributed by atoms with Crippen molar-refractivity contribution in [1.82, 2.24) is 9.97 Å². The first-order valence-corrected chi connectivity index (χ1v) is 4.51. The maximum absolute atomic E-state index is 10.8. The number of aryl methyl sites for hydroxylation is 1. The zero-order chi connectivity index (χ0) is 12.1. The normalized spacial score (nSPS) is 12.6. The van der Waals surface area contributed by atoms with Crippen molar-refractivity contribution in [3.63, 3.8) is 0 Å². The molecule has 0 aliphatic heterocycles. The molecular formula is C10H12N4O2. The van der Waals surface area contributed by atoms with Crippen LogP contribution >= 0.6 is 0 Å². The number of aliphatic carboxylic acids is 1. The summed E-state index contributed by atoms with van der Waals surface area (Å²) in [5.41, 5.74) is 6.05. The van der Waals surface area contributed by atoms with Gasteiger partial charge in [0.15, 0.2) is 5.82 Å². The Balaban J connectivity index is 3.34. The number of allylic oxidation sites excluding steroid dienone is 1. The van der Waals surface area contributed by atoms with Crippen LogP contribution in [0.4, 0.5) is 0 Å². The van der Waals surface area contributed by atoms with E-state index in [0.29, 0.717) is 0 Å². The molecule has 0 saturated heterocycles. The first-order valence-electron chi connectivity index (χ1n) is 4.51. The number of carboxylic acids is 1. The van der Waals surface area contributed by atoms with Crippen molar-refractivity contribution in [2.75, 3.05) is 7.05 Å². The van der Waals surface area contributed by atoms with Crippen molar-refractivity contribution in [1.29, 1.82) is 0 Å². The monoisotopic (exact) mass is 220 g/mol. The highest BCUT2D eigenvalue weighted by Gasteiger charge is 2.13. The van der Waals surface area contributed by atoms with Gasteiger partial charge in [-0.3, -0.25) is 4.99 Å². The van der Waals surface area contributed by atoms with Crippen molar-refractivity contribution >= 4 is 17.8 Å². The van der Waals surface area contributed by atoms with Gasteiger partial charge in [0, 0.05) is 25.2 Å². The summed E-state index contributed by atoms with van der Waals surface area (Å²) >= 11 is 0. The maximum Gasteiger partial charge on any atom is 0.352 e. The molecule has 1 aromatic rings. The van der Waals surface area contributed by atoms with E-state index in [1.807, 2.05) is 0 Å². The van der Waals surface area contributed by atoms with E-state index in [0.717, 1.165) is 5.69 Å². The quantitative estimate of drug-likeness (QED) is 0.561. The summed E-state index contributed by atoms with van der Waals surface area (Å²) in [7, 11) is 1.52. The van der Waals surface area contributed by atoms with Crippen molar-refractivity contribution in [3.8, 4) is 0 Å². The molecule has 0 aromatic carbocycles. The molecular weight excluding hydrogens is 208 g/mol. The molecule has 84 valence electrons. The van der Waals surface area contributed by atoms with E-state index in [9.17, 15) is 4.79 Å². The highest BCUT2D eigenvalue weighted by molar-refractivity contribution is 6.15. The lowest BCUT2D eigenvalue weighted by Gasteiger charge is -2.03. The molecule has 0 aliphatic rings. The average Bonchev–Trinajstić information content (AvgIpc) is 2.24. The molecule has 0 spiro atoms. The molecule has 0 unspecified atom stereocenters. The molecule has 0 fully saturated rings. The Bertz CT molecular complexity index is 466. The van der Waals surface area contributed by atoms with E-state index in [1.54, 1.807) is 13.0 Å². The third-order valence-electron chi connectivity index (χ3n) is 1.81. The van der Waals surface area contributed by atoms with Crippen LogP contribution in [0.3, 0.4) is 0 Å². The fraction of sp³-hybridized carbons (Fsp3) is 0.200. The van der Waals surface area contributed by atoms with Crippen LogP contribution in [-0.2, 0) is 4.79 Å². The van der Waals surface area contributed by atoms with Gasteiger partial charge in [0.2, 0.25) is 0 Å². The number of nitrogens with zero attached hydrogens (tertiary/aromatic N) is 3. The van der Waals surface area contributed by atoms with Gasteiger partial charge in [-0.1, -0.05) is 0 Å². The molecule has 1 heterocycles. The van der Waals surface area contributed by atoms with Crippen LogP contribution in [0, 0.1) is 6.92 Å². The third-order valence-corrected chi connectivity index (χ3v) is 1.81. The Kier molecular flexibility index (Phi) is 3.71. The van der Waals surface area contributed by atoms with Crippen molar-refractivity contribution < 1.29 is 9.90 Å². The van der Waals surface area contributed by atoms with Gasteiger partial charge < -0.3 is 10.8 Å². The molecule has 6 nitrogen and oxygen atoms in total. The van der Waals surface area contributed by atoms with Crippen molar-refractivity contribution in [2.24, 2.45) is 10.7 Å². The summed E-state index contributed by atoms with van der Waals surface area (Å²) in [4.78, 5) is 22.6. The molecule has 1 aromatic heterocycles. The SMILES string of the molecule is CN=CC(=C(N)C(=O)O)c1nccc(C)n1. The first kappa shape index (κ1) is 11.8. The predicted octanol–water partition coefficient (Wildman–Crippen LogP) is 0.240. The van der Waals surface area contributed by atoms with Gasteiger partial charge >= 0.3 is 5.97 Å². The molecule has 0 atom stereocenters. The van der Waals surface area contributed by atoms with Crippen LogP contribution in [0.2, 0.25) is 0 Å². The molecule has 6 heteroatoms. The van der Waals surface area contributed by atoms with Crippen LogP contribution < -0.4 is 5.73 Å². The smallest absolute Gasteiger partial charge is 0.352 e. The van der Waals surface area contributed by atoms with Crippen molar-refractivity contribution in [3.05, 3.63) is 29.5 Å². The Morgan fingerprint density at radius 1 is 1.62 bits per heavy atom. The number of nitrogens with two attached hydrogens (primary N) is 1. The average molecular weight is 220 g/mol. The summed E-state index contributed by atoms with van der Waals surface area (Å²) in [6.45, 7) is 1.78. The lowest BCUT2D eigenvalue weighted by molar-refractivity contribution is -0.132. The van der Waals surface area contributed by atoms with E-state index in [-0.39, 0.29) is 17.1 Å². The Morgan fingerprint density at radius 2 is 2.31 bits per heavy atom. The lowest BCUT2D eigenvalue weighted by atomic mass is 10.2. The van der Waals surface area contributed by atoms with E-state index in [4.69, 9.17) is 10.8 Å². The Hall–Kier alpha value is -2.24. The third kappa shape index (κ3) is 2.63. The van der Waals surface area contributed by atoms with Crippen LogP contribution in [0.15, 0.2) is 23.0 Å². The summed E-state index contributed by atoms with van der Waals surface area (Å²) < 4.78 is 0. The first-order chi connectivity index (χ1) is 7.56. The zero-order valence-corrected chi connectivity index (χ0v) is 9.01. The Morgan fingerprint density at radius 3 is 2.81 bits per heavy atom. The summed E-state index contributed by atoms with van der Waals surface area (Å²) in [6.07, 6.45) is 2.87. The number of aromatic nitrogens is 2. The fourth-order valence-electron chi connectivity index (χ4n) is 1.07. The van der Waals surface area contributed by atoms with Crippen LogP contribution in [0.5, 0.6) is 0 Å². The predicted molar refractivity (Wildman–Crippen MR) is 59.9 cm³/mol. The highest BCUT2D eigenvalue weighted by Crippen LogP contribution is 2.10. The number of hydrogen-bond acceptors (Lipinski definition) is 5. The van der Waals surface area contributed by atoms with E-state index in [1.165, 1.54) is 19.5 Å². The van der Waals surface area contributed by atoms with Crippen LogP contribution in [-0.4, -0.2) is 34.3 Å². The number of rotatable bonds is 3. The molecule has 0 aliphatic carbocycles. The number of hydrogen-bond donors (Lipinski definition) is 2. The minimum atomic E-state index is -1.22. The van der Waals surface area contributed by atoms with Crippen LogP contribution in [0.1, 0.15) is 11.5 Å². The van der Waals surface area contributed by atoms with Crippen molar-refractivity contribution in [2.45, 2.75) is 6.92 Å². The summed E-state index contributed by atoms with van der Waals surface area (Å²) in [6, 6.07) is 1.71. The largest absolute Gasteiger partial charge is 0.477 e. The highest BCUT2D eigenvalue weighted by atomic mass is 16.4. The minimum Gasteiger partial charge on any atom is -0.477 e. The van der Waals surface area contributed by atoms with Gasteiger partial charge in [0.05, 0.1) is 5.57 Å². The molecule has 0 saturated carbocycles. The number of carbonyl (C=O) groups is 1. The molecule has 0 radical (unpaired) electrons. The van der Waals surface area contributed by atoms with E-state index < -0.39 is 5.97 Å². The van der Waals surface area contributed by atoms with Gasteiger partial charge in [0.25, 0.3) is 0 Å². The standard InChI is InChI=1S/C10H12N4O2/c1-6-3-4-13-9(14-6)7(5-12-2)8(11)10(15)16/h3-5H,11H2,1-2H3,(H,15,16). The van der Waals surface area contributed by atoms with Gasteiger partial charge in [0.1, 0.15) is 5.70 Å². The number of aliphatic imine (C=N–C) groups is 1. The molecule has 16 heavy (non-hydrogen) atoms. The minimum absolute atomic E-state index is 0.207. The zero-order valence-electron chi connectivity index (χ0n) is 9.01. The second-order valence-corrected chi connectivity index (χ2v) is 3.04. The molecule has 0 bridgehead atoms. The van der Waals surface area contributed by atoms with Gasteiger partial charge in [-0.2, -0.15) is 0 Å². The summed E-state index contributed by atoms with van der Waals surface area (Å²) in [5, 5.41) is 8.81. The van der Waals surface area contributed by atoms with E-state index >= 15 is 0 Å². The van der Waals surface area contributed by atoms with Gasteiger partial charge in [-0.25, -0.2) is 14.8 Å². The van der Waals surface area contributed by atoms with E-state index in [2.05, 4.69) is 15.0 Å². The van der Waals surface area contributed by atoms with Gasteiger partial charge in [-0.05, 0) is 13.0 Å². The second-order valence-electron chi connectivity index (χ2n) is 3.04. The second kappa shape index (κ2) is 5.01. The fourth-order valence-corrected chi connectivity index (χ4v) is 1.07. The maximum atomic E-state index is 10.8. The molecule has 3 N–H and O–H groups in total. The Labute approximate surface area is 92.6 Å². The van der Waals surface area contributed by atoms with Crippen LogP contribution in [0.25, 0.3) is 5.57 Å². The molecule has 0 amide bonds. The molecule has 1 rings (SSSR count). The summed E-state index contributed by atoms with van der Waals surface area (Å²) in [5.74, 6) is -0.967. The number of carboxylic acid groups (broad SMARTS) is 1. The lowest BCUT2D eigenvalue weighted by Crippen LogP contribution is -2.15. The topological polar surface area (TPSA) is 101 Å². The van der Waals surface area contributed by atoms with Gasteiger partial charge in [-0.15, -0.1) is 0 Å².